The van der Waals surface area contributed by atoms with Crippen LogP contribution in [-0.2, 0) is 28.6 Å². The monoisotopic (exact) mass is 945 g/mol. The van der Waals surface area contributed by atoms with E-state index in [1.54, 1.807) is 0 Å². The third kappa shape index (κ3) is 53.3. The SMILES string of the molecule is CCCCC/C=C\C/C=C\C/C=C\C/C=C\CCCC(=O)OCC(COC(=O)CCCCCCC/C=C\CCCCCCCCC)OC(=O)CCC/C=C\C/C=C\C/C=C\CCCCCCCC. The Morgan fingerprint density at radius 3 is 0.926 bits per heavy atom. The van der Waals surface area contributed by atoms with E-state index < -0.39 is 6.10 Å². The number of ether oxygens (including phenoxy) is 3. The van der Waals surface area contributed by atoms with E-state index in [1.165, 1.54) is 128 Å². The summed E-state index contributed by atoms with van der Waals surface area (Å²) in [7, 11) is 0. The van der Waals surface area contributed by atoms with Crippen LogP contribution in [0.25, 0.3) is 0 Å². The lowest BCUT2D eigenvalue weighted by molar-refractivity contribution is -0.167. The minimum atomic E-state index is -0.830. The second-order valence-corrected chi connectivity index (χ2v) is 18.5. The number of carbonyl (C=O) groups is 3. The molecule has 0 aromatic carbocycles. The van der Waals surface area contributed by atoms with Crippen LogP contribution in [0.3, 0.4) is 0 Å². The van der Waals surface area contributed by atoms with E-state index in [-0.39, 0.29) is 44.0 Å². The van der Waals surface area contributed by atoms with Gasteiger partial charge in [0.15, 0.2) is 6.10 Å². The highest BCUT2D eigenvalue weighted by molar-refractivity contribution is 5.71. The lowest BCUT2D eigenvalue weighted by atomic mass is 10.1. The Kier molecular flexibility index (Phi) is 52.9. The first-order valence-electron chi connectivity index (χ1n) is 28.2. The van der Waals surface area contributed by atoms with E-state index >= 15 is 0 Å². The van der Waals surface area contributed by atoms with Crippen LogP contribution in [0.2, 0.25) is 0 Å². The molecule has 0 aliphatic carbocycles. The molecule has 68 heavy (non-hydrogen) atoms. The Bertz CT molecular complexity index is 1360. The fourth-order valence-corrected chi connectivity index (χ4v) is 7.50. The van der Waals surface area contributed by atoms with Crippen molar-refractivity contribution in [2.75, 3.05) is 13.2 Å². The van der Waals surface area contributed by atoms with Gasteiger partial charge in [-0.05, 0) is 116 Å². The molecule has 6 nitrogen and oxygen atoms in total. The van der Waals surface area contributed by atoms with E-state index in [4.69, 9.17) is 14.2 Å². The molecular weight excluding hydrogens is 841 g/mol. The average molecular weight is 946 g/mol. The molecule has 0 rings (SSSR count). The van der Waals surface area contributed by atoms with Gasteiger partial charge in [-0.25, -0.2) is 0 Å². The number of unbranched alkanes of at least 4 members (excludes halogenated alkanes) is 23. The predicted octanol–water partition coefficient (Wildman–Crippen LogP) is 18.9. The highest BCUT2D eigenvalue weighted by atomic mass is 16.6. The third-order valence-corrected chi connectivity index (χ3v) is 11.8. The van der Waals surface area contributed by atoms with Gasteiger partial charge in [0.05, 0.1) is 0 Å². The number of esters is 3. The topological polar surface area (TPSA) is 78.9 Å². The predicted molar refractivity (Wildman–Crippen MR) is 293 cm³/mol. The molecule has 0 spiro atoms. The first kappa shape index (κ1) is 64.3. The van der Waals surface area contributed by atoms with Gasteiger partial charge in [0, 0.05) is 19.3 Å². The molecule has 0 amide bonds. The molecule has 1 unspecified atom stereocenters. The molecule has 0 fully saturated rings. The van der Waals surface area contributed by atoms with Gasteiger partial charge >= 0.3 is 17.9 Å². The molecular formula is C62H104O6. The number of hydrogen-bond donors (Lipinski definition) is 0. The molecule has 0 aliphatic rings. The van der Waals surface area contributed by atoms with E-state index in [9.17, 15) is 14.4 Å². The first-order valence-corrected chi connectivity index (χ1v) is 28.2. The van der Waals surface area contributed by atoms with Crippen LogP contribution in [-0.4, -0.2) is 37.2 Å². The van der Waals surface area contributed by atoms with Crippen molar-refractivity contribution in [3.8, 4) is 0 Å². The van der Waals surface area contributed by atoms with Crippen LogP contribution < -0.4 is 0 Å². The van der Waals surface area contributed by atoms with Crippen molar-refractivity contribution in [2.45, 2.75) is 264 Å². The summed E-state index contributed by atoms with van der Waals surface area (Å²) in [6.45, 7) is 6.51. The maximum absolute atomic E-state index is 12.8. The Hall–Kier alpha value is -3.67. The van der Waals surface area contributed by atoms with Crippen molar-refractivity contribution in [1.82, 2.24) is 0 Å². The summed E-state index contributed by atoms with van der Waals surface area (Å²) in [5.41, 5.74) is 0. The zero-order valence-electron chi connectivity index (χ0n) is 44.3. The summed E-state index contributed by atoms with van der Waals surface area (Å²) in [5.74, 6) is -1.04. The van der Waals surface area contributed by atoms with Crippen molar-refractivity contribution in [3.05, 3.63) is 97.2 Å². The normalized spacial score (nSPS) is 12.8. The molecule has 0 aromatic rings. The lowest BCUT2D eigenvalue weighted by Crippen LogP contribution is -2.30. The molecule has 1 atom stereocenters. The smallest absolute Gasteiger partial charge is 0.306 e. The molecule has 0 saturated carbocycles. The maximum Gasteiger partial charge on any atom is 0.306 e. The van der Waals surface area contributed by atoms with E-state index in [2.05, 4.69) is 118 Å². The van der Waals surface area contributed by atoms with Crippen molar-refractivity contribution in [1.29, 1.82) is 0 Å². The number of carbonyl (C=O) groups excluding carboxylic acids is 3. The standard InChI is InChI=1S/C62H104O6/c1-4-7-10-13-16-19-22-25-28-31-34-37-40-43-46-49-52-55-61(64)67-58-59(57-66-60(63)54-51-48-45-42-39-36-33-30-27-24-21-18-15-12-9-6-3)68-62(65)56-53-50-47-44-41-38-35-32-29-26-23-20-17-14-11-8-5-2/h16,19,25-26,28-30,33-35,37-38,43-44,46-47,59H,4-15,17-18,20-24,27,31-32,36,39-42,45,48-58H2,1-3H3/b19-16-,28-25-,29-26-,33-30-,37-34-,38-35-,46-43-,47-44-. The Morgan fingerprint density at radius 2 is 0.544 bits per heavy atom. The van der Waals surface area contributed by atoms with Gasteiger partial charge in [0.25, 0.3) is 0 Å². The fourth-order valence-electron chi connectivity index (χ4n) is 7.50. The van der Waals surface area contributed by atoms with Crippen molar-refractivity contribution in [3.63, 3.8) is 0 Å². The highest BCUT2D eigenvalue weighted by Crippen LogP contribution is 2.13. The van der Waals surface area contributed by atoms with Crippen LogP contribution in [0.5, 0.6) is 0 Å². The van der Waals surface area contributed by atoms with Crippen LogP contribution in [0, 0.1) is 0 Å². The van der Waals surface area contributed by atoms with E-state index in [1.807, 2.05) is 0 Å². The Balaban J connectivity index is 4.57. The molecule has 0 bridgehead atoms. The van der Waals surface area contributed by atoms with Gasteiger partial charge in [-0.1, -0.05) is 221 Å². The number of rotatable bonds is 50. The largest absolute Gasteiger partial charge is 0.462 e. The maximum atomic E-state index is 12.8. The van der Waals surface area contributed by atoms with Gasteiger partial charge in [-0.2, -0.15) is 0 Å². The molecule has 0 saturated heterocycles. The summed E-state index contributed by atoms with van der Waals surface area (Å²) in [4.78, 5) is 38.1. The summed E-state index contributed by atoms with van der Waals surface area (Å²) < 4.78 is 16.7. The zero-order chi connectivity index (χ0) is 49.3. The summed E-state index contributed by atoms with van der Waals surface area (Å²) >= 11 is 0. The van der Waals surface area contributed by atoms with Crippen LogP contribution in [0.1, 0.15) is 258 Å². The number of hydrogen-bond acceptors (Lipinski definition) is 6. The molecule has 0 aliphatic heterocycles. The molecule has 0 N–H and O–H groups in total. The van der Waals surface area contributed by atoms with Crippen LogP contribution in [0.4, 0.5) is 0 Å². The van der Waals surface area contributed by atoms with Crippen molar-refractivity contribution >= 4 is 17.9 Å². The van der Waals surface area contributed by atoms with Gasteiger partial charge in [0.1, 0.15) is 13.2 Å². The molecule has 0 heterocycles. The second-order valence-electron chi connectivity index (χ2n) is 18.5. The molecule has 0 radical (unpaired) electrons. The molecule has 388 valence electrons. The second kappa shape index (κ2) is 55.9. The van der Waals surface area contributed by atoms with Gasteiger partial charge < -0.3 is 14.2 Å². The minimum Gasteiger partial charge on any atom is -0.462 e. The summed E-state index contributed by atoms with van der Waals surface area (Å²) in [6, 6.07) is 0. The van der Waals surface area contributed by atoms with E-state index in [0.717, 1.165) is 77.0 Å². The van der Waals surface area contributed by atoms with Gasteiger partial charge in [-0.15, -0.1) is 0 Å². The molecule has 6 heteroatoms. The summed E-state index contributed by atoms with van der Waals surface area (Å²) in [5, 5.41) is 0. The highest BCUT2D eigenvalue weighted by Gasteiger charge is 2.19. The third-order valence-electron chi connectivity index (χ3n) is 11.8. The Labute approximate surface area is 419 Å². The van der Waals surface area contributed by atoms with Crippen molar-refractivity contribution < 1.29 is 28.6 Å². The van der Waals surface area contributed by atoms with Gasteiger partial charge in [0.2, 0.25) is 0 Å². The average Bonchev–Trinajstić information content (AvgIpc) is 3.34. The Morgan fingerprint density at radius 1 is 0.294 bits per heavy atom. The van der Waals surface area contributed by atoms with Crippen molar-refractivity contribution in [2.24, 2.45) is 0 Å². The van der Waals surface area contributed by atoms with Crippen LogP contribution >= 0.6 is 0 Å². The fraction of sp³-hybridized carbons (Fsp3) is 0.694. The first-order chi connectivity index (χ1) is 33.5. The summed E-state index contributed by atoms with van der Waals surface area (Å²) in [6.07, 6.45) is 74.0. The minimum absolute atomic E-state index is 0.119. The lowest BCUT2D eigenvalue weighted by Gasteiger charge is -2.18. The van der Waals surface area contributed by atoms with Gasteiger partial charge in [-0.3, -0.25) is 14.4 Å². The quantitative estimate of drug-likeness (QED) is 0.0262. The van der Waals surface area contributed by atoms with Crippen LogP contribution in [0.15, 0.2) is 97.2 Å². The van der Waals surface area contributed by atoms with E-state index in [0.29, 0.717) is 19.3 Å². The number of allylic oxidation sites excluding steroid dienone is 16. The zero-order valence-corrected chi connectivity index (χ0v) is 44.3. The molecule has 0 aromatic heterocycles.